The van der Waals surface area contributed by atoms with E-state index in [0.717, 1.165) is 19.5 Å². The number of sulfonamides is 1. The van der Waals surface area contributed by atoms with E-state index in [-0.39, 0.29) is 5.75 Å². The van der Waals surface area contributed by atoms with Gasteiger partial charge in [-0.1, -0.05) is 19.8 Å². The number of unbranched alkanes of at least 4 members (excludes halogenated alkanes) is 2. The fraction of sp³-hybridized carbons (Fsp3) is 1.00. The van der Waals surface area contributed by atoms with Gasteiger partial charge in [-0.05, 0) is 25.9 Å². The van der Waals surface area contributed by atoms with Crippen LogP contribution in [-0.2, 0) is 10.0 Å². The summed E-state index contributed by atoms with van der Waals surface area (Å²) in [5.41, 5.74) is 0. The lowest BCUT2D eigenvalue weighted by atomic mass is 10.2. The first-order valence-electron chi connectivity index (χ1n) is 4.77. The highest BCUT2D eigenvalue weighted by molar-refractivity contribution is 7.89. The summed E-state index contributed by atoms with van der Waals surface area (Å²) in [6.45, 7) is 3.86. The Hall–Kier alpha value is -0.130. The molecule has 0 saturated heterocycles. The molecule has 4 nitrogen and oxygen atoms in total. The van der Waals surface area contributed by atoms with E-state index in [2.05, 4.69) is 12.2 Å². The zero-order valence-electron chi connectivity index (χ0n) is 8.25. The van der Waals surface area contributed by atoms with Gasteiger partial charge in [-0.2, -0.15) is 0 Å². The summed E-state index contributed by atoms with van der Waals surface area (Å²) in [6.07, 6.45) is 4.19. The highest BCUT2D eigenvalue weighted by Crippen LogP contribution is 1.91. The molecular weight excluding hydrogens is 188 g/mol. The molecular formula is C8H20N2O2S. The molecule has 0 unspecified atom stereocenters. The normalized spacial score (nSPS) is 11.8. The third-order valence-corrected chi connectivity index (χ3v) is 2.60. The predicted molar refractivity (Wildman–Crippen MR) is 55.0 cm³/mol. The van der Waals surface area contributed by atoms with Crippen LogP contribution in [0.4, 0.5) is 0 Å². The average molecular weight is 208 g/mol. The summed E-state index contributed by atoms with van der Waals surface area (Å²) in [5.74, 6) is 0.0772. The average Bonchev–Trinajstić information content (AvgIpc) is 2.01. The maximum atomic E-state index is 10.5. The van der Waals surface area contributed by atoms with Crippen LogP contribution < -0.4 is 10.5 Å². The summed E-state index contributed by atoms with van der Waals surface area (Å²) in [4.78, 5) is 0. The summed E-state index contributed by atoms with van der Waals surface area (Å²) >= 11 is 0. The SMILES string of the molecule is CCCCCNCCCS(N)(=O)=O. The highest BCUT2D eigenvalue weighted by Gasteiger charge is 2.00. The molecule has 5 heteroatoms. The summed E-state index contributed by atoms with van der Waals surface area (Å²) in [5, 5.41) is 8.02. The van der Waals surface area contributed by atoms with Crippen molar-refractivity contribution in [3.8, 4) is 0 Å². The molecule has 3 N–H and O–H groups in total. The zero-order valence-corrected chi connectivity index (χ0v) is 9.07. The largest absolute Gasteiger partial charge is 0.317 e. The van der Waals surface area contributed by atoms with E-state index >= 15 is 0 Å². The topological polar surface area (TPSA) is 72.2 Å². The molecule has 0 fully saturated rings. The maximum Gasteiger partial charge on any atom is 0.209 e. The summed E-state index contributed by atoms with van der Waals surface area (Å²) in [7, 11) is -3.26. The summed E-state index contributed by atoms with van der Waals surface area (Å²) in [6, 6.07) is 0. The van der Waals surface area contributed by atoms with Crippen molar-refractivity contribution in [2.45, 2.75) is 32.6 Å². The van der Waals surface area contributed by atoms with Crippen LogP contribution in [0.25, 0.3) is 0 Å². The first kappa shape index (κ1) is 12.9. The van der Waals surface area contributed by atoms with Crippen molar-refractivity contribution in [1.29, 1.82) is 0 Å². The van der Waals surface area contributed by atoms with E-state index in [4.69, 9.17) is 5.14 Å². The first-order chi connectivity index (χ1) is 6.06. The number of hydrogen-bond acceptors (Lipinski definition) is 3. The van der Waals surface area contributed by atoms with Crippen molar-refractivity contribution in [1.82, 2.24) is 5.32 Å². The molecule has 0 heterocycles. The molecule has 0 aliphatic rings. The molecule has 0 aromatic carbocycles. The van der Waals surface area contributed by atoms with Gasteiger partial charge >= 0.3 is 0 Å². The second kappa shape index (κ2) is 7.29. The van der Waals surface area contributed by atoms with Gasteiger partial charge < -0.3 is 5.32 Å². The van der Waals surface area contributed by atoms with Gasteiger partial charge in [0.2, 0.25) is 10.0 Å². The Morgan fingerprint density at radius 3 is 2.31 bits per heavy atom. The molecule has 0 spiro atoms. The van der Waals surface area contributed by atoms with E-state index in [1.54, 1.807) is 0 Å². The third-order valence-electron chi connectivity index (χ3n) is 1.74. The van der Waals surface area contributed by atoms with E-state index in [1.807, 2.05) is 0 Å². The maximum absolute atomic E-state index is 10.5. The molecule has 0 aliphatic carbocycles. The van der Waals surface area contributed by atoms with Gasteiger partial charge in [-0.25, -0.2) is 13.6 Å². The number of rotatable bonds is 8. The molecule has 13 heavy (non-hydrogen) atoms. The second-order valence-corrected chi connectivity index (χ2v) is 4.91. The Labute approximate surface area is 80.9 Å². The standard InChI is InChI=1S/C8H20N2O2S/c1-2-3-4-6-10-7-5-8-13(9,11)12/h10H,2-8H2,1H3,(H2,9,11,12). The van der Waals surface area contributed by atoms with Gasteiger partial charge in [-0.3, -0.25) is 0 Å². The molecule has 0 aromatic rings. The molecule has 0 aromatic heterocycles. The lowest BCUT2D eigenvalue weighted by Gasteiger charge is -2.02. The van der Waals surface area contributed by atoms with Crippen LogP contribution in [0.5, 0.6) is 0 Å². The Morgan fingerprint density at radius 1 is 1.15 bits per heavy atom. The van der Waals surface area contributed by atoms with Gasteiger partial charge in [0.15, 0.2) is 0 Å². The van der Waals surface area contributed by atoms with Crippen molar-refractivity contribution >= 4 is 10.0 Å². The minimum Gasteiger partial charge on any atom is -0.317 e. The number of primary sulfonamides is 1. The molecule has 0 rings (SSSR count). The Kier molecular flexibility index (Phi) is 7.22. The Morgan fingerprint density at radius 2 is 1.77 bits per heavy atom. The van der Waals surface area contributed by atoms with Crippen molar-refractivity contribution in [3.63, 3.8) is 0 Å². The van der Waals surface area contributed by atoms with Gasteiger partial charge in [0.1, 0.15) is 0 Å². The number of nitrogens with one attached hydrogen (secondary N) is 1. The molecule has 0 saturated carbocycles. The molecule has 0 aliphatic heterocycles. The van der Waals surface area contributed by atoms with Crippen LogP contribution in [0.3, 0.4) is 0 Å². The van der Waals surface area contributed by atoms with E-state index in [0.29, 0.717) is 6.42 Å². The first-order valence-corrected chi connectivity index (χ1v) is 6.49. The van der Waals surface area contributed by atoms with Crippen LogP contribution in [0.2, 0.25) is 0 Å². The highest BCUT2D eigenvalue weighted by atomic mass is 32.2. The smallest absolute Gasteiger partial charge is 0.209 e. The quantitative estimate of drug-likeness (QED) is 0.569. The van der Waals surface area contributed by atoms with Crippen LogP contribution in [-0.4, -0.2) is 27.3 Å². The molecule has 0 amide bonds. The fourth-order valence-electron chi connectivity index (χ4n) is 1.02. The Balaban J connectivity index is 3.09. The van der Waals surface area contributed by atoms with Gasteiger partial charge in [0.05, 0.1) is 5.75 Å². The van der Waals surface area contributed by atoms with Crippen molar-refractivity contribution in [2.75, 3.05) is 18.8 Å². The van der Waals surface area contributed by atoms with Crippen molar-refractivity contribution in [3.05, 3.63) is 0 Å². The van der Waals surface area contributed by atoms with Crippen LogP contribution in [0.15, 0.2) is 0 Å². The molecule has 0 bridgehead atoms. The molecule has 0 atom stereocenters. The molecule has 80 valence electrons. The number of hydrogen-bond donors (Lipinski definition) is 2. The third kappa shape index (κ3) is 11.9. The van der Waals surface area contributed by atoms with Crippen LogP contribution in [0, 0.1) is 0 Å². The minimum absolute atomic E-state index is 0.0772. The van der Waals surface area contributed by atoms with Crippen molar-refractivity contribution < 1.29 is 8.42 Å². The van der Waals surface area contributed by atoms with Gasteiger partial charge in [0.25, 0.3) is 0 Å². The predicted octanol–water partition coefficient (Wildman–Crippen LogP) is 0.445. The monoisotopic (exact) mass is 208 g/mol. The van der Waals surface area contributed by atoms with E-state index in [9.17, 15) is 8.42 Å². The van der Waals surface area contributed by atoms with Gasteiger partial charge in [0, 0.05) is 0 Å². The number of nitrogens with two attached hydrogens (primary N) is 1. The van der Waals surface area contributed by atoms with Crippen LogP contribution in [0.1, 0.15) is 32.6 Å². The Bertz CT molecular complexity index is 202. The zero-order chi connectivity index (χ0) is 10.2. The van der Waals surface area contributed by atoms with Crippen molar-refractivity contribution in [2.24, 2.45) is 5.14 Å². The van der Waals surface area contributed by atoms with E-state index < -0.39 is 10.0 Å². The van der Waals surface area contributed by atoms with E-state index in [1.165, 1.54) is 12.8 Å². The lowest BCUT2D eigenvalue weighted by molar-refractivity contribution is 0.584. The fourth-order valence-corrected chi connectivity index (χ4v) is 1.57. The second-order valence-electron chi connectivity index (χ2n) is 3.18. The lowest BCUT2D eigenvalue weighted by Crippen LogP contribution is -2.22. The molecule has 0 radical (unpaired) electrons. The van der Waals surface area contributed by atoms with Crippen LogP contribution >= 0.6 is 0 Å². The van der Waals surface area contributed by atoms with Gasteiger partial charge in [-0.15, -0.1) is 0 Å². The summed E-state index contributed by atoms with van der Waals surface area (Å²) < 4.78 is 21.0. The minimum atomic E-state index is -3.26.